The van der Waals surface area contributed by atoms with Gasteiger partial charge in [-0.3, -0.25) is 4.99 Å². The van der Waals surface area contributed by atoms with Gasteiger partial charge in [0.15, 0.2) is 5.96 Å². The number of nitrogens with one attached hydrogen (secondary N) is 2. The standard InChI is InChI=1S/C16H28N4.HI/c1-13(2)10-11-18-16(17-3)19-12-14-6-8-15(9-7-14)20(4)5;/h6-9,13H,10-12H2,1-5H3,(H2,17,18,19);1H. The third kappa shape index (κ3) is 8.14. The van der Waals surface area contributed by atoms with Crippen LogP contribution < -0.4 is 15.5 Å². The smallest absolute Gasteiger partial charge is 0.191 e. The number of anilines is 1. The SMILES string of the molecule is CN=C(NCCC(C)C)NCc1ccc(N(C)C)cc1.I. The monoisotopic (exact) mass is 404 g/mol. The molecule has 21 heavy (non-hydrogen) atoms. The van der Waals surface area contributed by atoms with E-state index in [1.54, 1.807) is 7.05 Å². The van der Waals surface area contributed by atoms with Crippen LogP contribution in [0.1, 0.15) is 25.8 Å². The van der Waals surface area contributed by atoms with Gasteiger partial charge < -0.3 is 15.5 Å². The molecule has 0 atom stereocenters. The Hall–Kier alpha value is -0.980. The Labute approximate surface area is 146 Å². The molecule has 2 N–H and O–H groups in total. The highest BCUT2D eigenvalue weighted by atomic mass is 127. The number of halogens is 1. The van der Waals surface area contributed by atoms with Gasteiger partial charge in [0.1, 0.15) is 0 Å². The fraction of sp³-hybridized carbons (Fsp3) is 0.562. The molecule has 0 fully saturated rings. The molecule has 0 radical (unpaired) electrons. The maximum atomic E-state index is 4.23. The first-order valence-electron chi connectivity index (χ1n) is 7.23. The summed E-state index contributed by atoms with van der Waals surface area (Å²) in [6.45, 7) is 6.19. The zero-order valence-electron chi connectivity index (χ0n) is 13.8. The average Bonchev–Trinajstić information content (AvgIpc) is 2.42. The van der Waals surface area contributed by atoms with E-state index in [9.17, 15) is 0 Å². The molecule has 0 unspecified atom stereocenters. The van der Waals surface area contributed by atoms with Gasteiger partial charge in [-0.25, -0.2) is 0 Å². The van der Waals surface area contributed by atoms with Crippen LogP contribution in [0, 0.1) is 5.92 Å². The molecule has 1 aromatic rings. The highest BCUT2D eigenvalue weighted by Crippen LogP contribution is 2.11. The number of nitrogens with zero attached hydrogens (tertiary/aromatic N) is 2. The van der Waals surface area contributed by atoms with Gasteiger partial charge in [0.2, 0.25) is 0 Å². The van der Waals surface area contributed by atoms with Crippen LogP contribution in [-0.2, 0) is 6.54 Å². The summed E-state index contributed by atoms with van der Waals surface area (Å²) in [5.41, 5.74) is 2.47. The number of benzene rings is 1. The molecule has 5 heteroatoms. The summed E-state index contributed by atoms with van der Waals surface area (Å²) in [6, 6.07) is 8.55. The molecule has 4 nitrogen and oxygen atoms in total. The second kappa shape index (κ2) is 10.7. The summed E-state index contributed by atoms with van der Waals surface area (Å²) in [5, 5.41) is 6.66. The Bertz CT molecular complexity index is 413. The Morgan fingerprint density at radius 3 is 2.24 bits per heavy atom. The van der Waals surface area contributed by atoms with Gasteiger partial charge in [-0.05, 0) is 30.0 Å². The summed E-state index contributed by atoms with van der Waals surface area (Å²) in [5.74, 6) is 1.57. The topological polar surface area (TPSA) is 39.7 Å². The highest BCUT2D eigenvalue weighted by molar-refractivity contribution is 14.0. The van der Waals surface area contributed by atoms with Crippen molar-refractivity contribution in [2.24, 2.45) is 10.9 Å². The van der Waals surface area contributed by atoms with Crippen LogP contribution in [0.25, 0.3) is 0 Å². The van der Waals surface area contributed by atoms with Crippen LogP contribution in [0.15, 0.2) is 29.3 Å². The molecular formula is C16H29IN4. The fourth-order valence-corrected chi connectivity index (χ4v) is 1.80. The van der Waals surface area contributed by atoms with E-state index in [0.29, 0.717) is 5.92 Å². The third-order valence-corrected chi connectivity index (χ3v) is 3.15. The second-order valence-electron chi connectivity index (χ2n) is 5.60. The van der Waals surface area contributed by atoms with E-state index in [0.717, 1.165) is 25.5 Å². The van der Waals surface area contributed by atoms with Crippen molar-refractivity contribution < 1.29 is 0 Å². The number of guanidine groups is 1. The molecule has 1 rings (SSSR count). The third-order valence-electron chi connectivity index (χ3n) is 3.15. The van der Waals surface area contributed by atoms with Crippen LogP contribution in [0.4, 0.5) is 5.69 Å². The minimum atomic E-state index is 0. The predicted molar refractivity (Wildman–Crippen MR) is 104 cm³/mol. The van der Waals surface area contributed by atoms with Crippen molar-refractivity contribution >= 4 is 35.6 Å². The van der Waals surface area contributed by atoms with Crippen molar-refractivity contribution in [3.05, 3.63) is 29.8 Å². The van der Waals surface area contributed by atoms with Crippen molar-refractivity contribution in [1.82, 2.24) is 10.6 Å². The second-order valence-corrected chi connectivity index (χ2v) is 5.60. The maximum absolute atomic E-state index is 4.23. The molecule has 0 amide bonds. The van der Waals surface area contributed by atoms with Gasteiger partial charge in [0, 0.05) is 39.9 Å². The summed E-state index contributed by atoms with van der Waals surface area (Å²) in [7, 11) is 5.90. The first-order chi connectivity index (χ1) is 9.52. The van der Waals surface area contributed by atoms with E-state index >= 15 is 0 Å². The molecule has 0 aliphatic rings. The largest absolute Gasteiger partial charge is 0.378 e. The Kier molecular flexibility index (Phi) is 10.2. The number of hydrogen-bond acceptors (Lipinski definition) is 2. The van der Waals surface area contributed by atoms with Crippen molar-refractivity contribution in [1.29, 1.82) is 0 Å². The summed E-state index contributed by atoms with van der Waals surface area (Å²) >= 11 is 0. The zero-order chi connectivity index (χ0) is 15.0. The molecule has 0 spiro atoms. The number of aliphatic imine (C=N–C) groups is 1. The van der Waals surface area contributed by atoms with E-state index in [1.165, 1.54) is 11.3 Å². The van der Waals surface area contributed by atoms with Crippen molar-refractivity contribution in [3.8, 4) is 0 Å². The molecule has 120 valence electrons. The van der Waals surface area contributed by atoms with E-state index in [2.05, 4.69) is 58.6 Å². The molecular weight excluding hydrogens is 375 g/mol. The molecule has 0 aromatic heterocycles. The molecule has 0 aliphatic carbocycles. The predicted octanol–water partition coefficient (Wildman–Crippen LogP) is 3.08. The average molecular weight is 404 g/mol. The lowest BCUT2D eigenvalue weighted by molar-refractivity contribution is 0.573. The molecule has 0 bridgehead atoms. The van der Waals surface area contributed by atoms with Crippen LogP contribution >= 0.6 is 24.0 Å². The summed E-state index contributed by atoms with van der Waals surface area (Å²) < 4.78 is 0. The van der Waals surface area contributed by atoms with Crippen LogP contribution in [0.2, 0.25) is 0 Å². The van der Waals surface area contributed by atoms with Gasteiger partial charge >= 0.3 is 0 Å². The molecule has 0 aliphatic heterocycles. The number of rotatable bonds is 6. The fourth-order valence-electron chi connectivity index (χ4n) is 1.80. The van der Waals surface area contributed by atoms with E-state index in [1.807, 2.05) is 14.1 Å². The summed E-state index contributed by atoms with van der Waals surface area (Å²) in [4.78, 5) is 6.33. The normalized spacial score (nSPS) is 11.0. The first kappa shape index (κ1) is 20.0. The Balaban J connectivity index is 0.00000400. The van der Waals surface area contributed by atoms with Gasteiger partial charge in [-0.1, -0.05) is 26.0 Å². The van der Waals surface area contributed by atoms with Crippen LogP contribution in [-0.4, -0.2) is 33.6 Å². The maximum Gasteiger partial charge on any atom is 0.191 e. The van der Waals surface area contributed by atoms with Gasteiger partial charge in [-0.15, -0.1) is 24.0 Å². The molecule has 1 aromatic carbocycles. The van der Waals surface area contributed by atoms with Crippen LogP contribution in [0.3, 0.4) is 0 Å². The minimum Gasteiger partial charge on any atom is -0.378 e. The van der Waals surface area contributed by atoms with E-state index in [-0.39, 0.29) is 24.0 Å². The lowest BCUT2D eigenvalue weighted by Gasteiger charge is -2.14. The van der Waals surface area contributed by atoms with Crippen molar-refractivity contribution in [3.63, 3.8) is 0 Å². The Morgan fingerprint density at radius 2 is 1.76 bits per heavy atom. The quantitative estimate of drug-likeness (QED) is 0.435. The lowest BCUT2D eigenvalue weighted by Crippen LogP contribution is -2.37. The van der Waals surface area contributed by atoms with E-state index in [4.69, 9.17) is 0 Å². The highest BCUT2D eigenvalue weighted by Gasteiger charge is 2.00. The molecule has 0 heterocycles. The van der Waals surface area contributed by atoms with Gasteiger partial charge in [-0.2, -0.15) is 0 Å². The first-order valence-corrected chi connectivity index (χ1v) is 7.23. The Morgan fingerprint density at radius 1 is 1.14 bits per heavy atom. The van der Waals surface area contributed by atoms with Crippen molar-refractivity contribution in [2.75, 3.05) is 32.6 Å². The van der Waals surface area contributed by atoms with Crippen LogP contribution in [0.5, 0.6) is 0 Å². The number of hydrogen-bond donors (Lipinski definition) is 2. The minimum absolute atomic E-state index is 0. The lowest BCUT2D eigenvalue weighted by atomic mass is 10.1. The molecule has 0 saturated heterocycles. The molecule has 0 saturated carbocycles. The van der Waals surface area contributed by atoms with Crippen molar-refractivity contribution in [2.45, 2.75) is 26.8 Å². The zero-order valence-corrected chi connectivity index (χ0v) is 16.1. The van der Waals surface area contributed by atoms with Gasteiger partial charge in [0.05, 0.1) is 0 Å². The van der Waals surface area contributed by atoms with E-state index < -0.39 is 0 Å². The summed E-state index contributed by atoms with van der Waals surface area (Å²) in [6.07, 6.45) is 1.15. The van der Waals surface area contributed by atoms with Gasteiger partial charge in [0.25, 0.3) is 0 Å².